The first kappa shape index (κ1) is 13.2. The molecule has 5 nitrogen and oxygen atoms in total. The van der Waals surface area contributed by atoms with Crippen molar-refractivity contribution < 1.29 is 0 Å². The number of aromatic amines is 1. The van der Waals surface area contributed by atoms with Crippen LogP contribution in [-0.4, -0.2) is 26.0 Å². The minimum absolute atomic E-state index is 0.517. The first-order chi connectivity index (χ1) is 10.8. The van der Waals surface area contributed by atoms with Crippen LogP contribution in [0.3, 0.4) is 0 Å². The third-order valence-corrected chi connectivity index (χ3v) is 4.38. The minimum atomic E-state index is 0.517. The Morgan fingerprint density at radius 3 is 2.77 bits per heavy atom. The summed E-state index contributed by atoms with van der Waals surface area (Å²) in [5.74, 6) is 1.72. The zero-order valence-electron chi connectivity index (χ0n) is 12.6. The van der Waals surface area contributed by atoms with Gasteiger partial charge in [0, 0.05) is 11.6 Å². The Hall–Kier alpha value is -2.43. The topological polar surface area (TPSA) is 66.5 Å². The number of H-pyrrole nitrogens is 1. The zero-order chi connectivity index (χ0) is 14.9. The average Bonchev–Trinajstić information content (AvgIpc) is 3.17. The fraction of sp³-hybridized carbons (Fsp3) is 0.353. The summed E-state index contributed by atoms with van der Waals surface area (Å²) in [7, 11) is 0. The van der Waals surface area contributed by atoms with Gasteiger partial charge in [-0.1, -0.05) is 37.1 Å². The van der Waals surface area contributed by atoms with E-state index in [9.17, 15) is 0 Å². The maximum absolute atomic E-state index is 4.63. The lowest BCUT2D eigenvalue weighted by atomic mass is 10.1. The molecule has 0 amide bonds. The van der Waals surface area contributed by atoms with Crippen molar-refractivity contribution in [3.8, 4) is 11.4 Å². The molecule has 3 aromatic rings. The van der Waals surface area contributed by atoms with Gasteiger partial charge in [-0.05, 0) is 25.3 Å². The molecule has 1 fully saturated rings. The van der Waals surface area contributed by atoms with E-state index < -0.39 is 0 Å². The van der Waals surface area contributed by atoms with Gasteiger partial charge in [0.25, 0.3) is 0 Å². The van der Waals surface area contributed by atoms with E-state index in [4.69, 9.17) is 0 Å². The molecule has 4 rings (SSSR count). The molecular weight excluding hydrogens is 274 g/mol. The summed E-state index contributed by atoms with van der Waals surface area (Å²) in [4.78, 5) is 16.7. The minimum Gasteiger partial charge on any atom is -0.365 e. The molecule has 1 aromatic carbocycles. The van der Waals surface area contributed by atoms with Gasteiger partial charge in [-0.25, -0.2) is 15.0 Å². The normalized spacial score (nSPS) is 15.5. The van der Waals surface area contributed by atoms with Gasteiger partial charge in [0.15, 0.2) is 11.5 Å². The van der Waals surface area contributed by atoms with Crippen LogP contribution in [0.5, 0.6) is 0 Å². The van der Waals surface area contributed by atoms with Gasteiger partial charge >= 0.3 is 0 Å². The van der Waals surface area contributed by atoms with E-state index >= 15 is 0 Å². The van der Waals surface area contributed by atoms with Gasteiger partial charge < -0.3 is 10.3 Å². The van der Waals surface area contributed by atoms with Crippen molar-refractivity contribution in [2.75, 3.05) is 5.32 Å². The Labute approximate surface area is 129 Å². The SMILES string of the molecule is Cc1ccccc1-c1nc2ncnc(NC3CCCC3)c2[nH]1. The summed E-state index contributed by atoms with van der Waals surface area (Å²) in [5, 5.41) is 3.54. The summed E-state index contributed by atoms with van der Waals surface area (Å²) < 4.78 is 0. The molecule has 0 bridgehead atoms. The molecule has 0 saturated heterocycles. The Morgan fingerprint density at radius 2 is 1.95 bits per heavy atom. The average molecular weight is 293 g/mol. The predicted octanol–water partition coefficient (Wildman–Crippen LogP) is 3.68. The molecule has 22 heavy (non-hydrogen) atoms. The number of anilines is 1. The Kier molecular flexibility index (Phi) is 3.25. The van der Waals surface area contributed by atoms with Gasteiger partial charge in [-0.2, -0.15) is 0 Å². The number of nitrogens with one attached hydrogen (secondary N) is 2. The van der Waals surface area contributed by atoms with Crippen molar-refractivity contribution in [3.63, 3.8) is 0 Å². The molecule has 112 valence electrons. The zero-order valence-corrected chi connectivity index (χ0v) is 12.6. The van der Waals surface area contributed by atoms with Crippen LogP contribution >= 0.6 is 0 Å². The third-order valence-electron chi connectivity index (χ3n) is 4.38. The maximum atomic E-state index is 4.63. The molecule has 5 heteroatoms. The molecule has 2 aromatic heterocycles. The molecule has 2 heterocycles. The van der Waals surface area contributed by atoms with E-state index in [2.05, 4.69) is 44.3 Å². The quantitative estimate of drug-likeness (QED) is 0.773. The molecule has 0 radical (unpaired) electrons. The van der Waals surface area contributed by atoms with Crippen molar-refractivity contribution in [3.05, 3.63) is 36.2 Å². The van der Waals surface area contributed by atoms with Crippen LogP contribution in [0.1, 0.15) is 31.2 Å². The van der Waals surface area contributed by atoms with E-state index in [0.29, 0.717) is 11.7 Å². The third kappa shape index (κ3) is 2.32. The number of aromatic nitrogens is 4. The highest BCUT2D eigenvalue weighted by Gasteiger charge is 2.18. The molecule has 2 N–H and O–H groups in total. The molecule has 0 unspecified atom stereocenters. The highest BCUT2D eigenvalue weighted by molar-refractivity contribution is 5.85. The second kappa shape index (κ2) is 5.40. The van der Waals surface area contributed by atoms with Crippen LogP contribution in [0.25, 0.3) is 22.6 Å². The van der Waals surface area contributed by atoms with Gasteiger partial charge in [-0.15, -0.1) is 0 Å². The predicted molar refractivity (Wildman–Crippen MR) is 87.7 cm³/mol. The van der Waals surface area contributed by atoms with Crippen molar-refractivity contribution in [1.29, 1.82) is 0 Å². The lowest BCUT2D eigenvalue weighted by Gasteiger charge is -2.12. The molecular formula is C17H19N5. The monoisotopic (exact) mass is 293 g/mol. The van der Waals surface area contributed by atoms with Gasteiger partial charge in [0.1, 0.15) is 17.7 Å². The first-order valence-corrected chi connectivity index (χ1v) is 7.84. The second-order valence-electron chi connectivity index (χ2n) is 5.95. The van der Waals surface area contributed by atoms with E-state index in [1.165, 1.54) is 31.2 Å². The number of rotatable bonds is 3. The largest absolute Gasteiger partial charge is 0.365 e. The van der Waals surface area contributed by atoms with Crippen LogP contribution in [0.2, 0.25) is 0 Å². The molecule has 0 spiro atoms. The molecule has 1 aliphatic rings. The van der Waals surface area contributed by atoms with Crippen LogP contribution in [0, 0.1) is 6.92 Å². The Balaban J connectivity index is 1.75. The Morgan fingerprint density at radius 1 is 1.14 bits per heavy atom. The molecule has 1 aliphatic carbocycles. The number of fused-ring (bicyclic) bond motifs is 1. The molecule has 0 atom stereocenters. The number of imidazole rings is 1. The highest BCUT2D eigenvalue weighted by atomic mass is 15.1. The number of hydrogen-bond acceptors (Lipinski definition) is 4. The van der Waals surface area contributed by atoms with Crippen LogP contribution in [-0.2, 0) is 0 Å². The maximum Gasteiger partial charge on any atom is 0.183 e. The van der Waals surface area contributed by atoms with Crippen LogP contribution < -0.4 is 5.32 Å². The van der Waals surface area contributed by atoms with Crippen LogP contribution in [0.15, 0.2) is 30.6 Å². The van der Waals surface area contributed by atoms with Crippen molar-refractivity contribution in [2.24, 2.45) is 0 Å². The van der Waals surface area contributed by atoms with E-state index in [1.54, 1.807) is 6.33 Å². The fourth-order valence-corrected chi connectivity index (χ4v) is 3.17. The van der Waals surface area contributed by atoms with Gasteiger partial charge in [0.05, 0.1) is 0 Å². The van der Waals surface area contributed by atoms with E-state index in [0.717, 1.165) is 22.7 Å². The number of nitrogens with zero attached hydrogens (tertiary/aromatic N) is 3. The van der Waals surface area contributed by atoms with Crippen LogP contribution in [0.4, 0.5) is 5.82 Å². The first-order valence-electron chi connectivity index (χ1n) is 7.84. The van der Waals surface area contributed by atoms with E-state index in [-0.39, 0.29) is 0 Å². The van der Waals surface area contributed by atoms with Crippen molar-refractivity contribution >= 4 is 17.0 Å². The highest BCUT2D eigenvalue weighted by Crippen LogP contribution is 2.27. The van der Waals surface area contributed by atoms with Gasteiger partial charge in [-0.3, -0.25) is 0 Å². The summed E-state index contributed by atoms with van der Waals surface area (Å²) in [6, 6.07) is 8.74. The van der Waals surface area contributed by atoms with Crippen molar-refractivity contribution in [1.82, 2.24) is 19.9 Å². The standard InChI is InChI=1S/C17H19N5/c1-11-6-2-5-9-13(11)15-21-14-16(18-10-19-17(14)22-15)20-12-7-3-4-8-12/h2,5-6,9-10,12H,3-4,7-8H2,1H3,(H2,18,19,20,21,22). The molecule has 0 aliphatic heterocycles. The summed E-state index contributed by atoms with van der Waals surface area (Å²) in [5.41, 5.74) is 3.91. The van der Waals surface area contributed by atoms with Gasteiger partial charge in [0.2, 0.25) is 0 Å². The smallest absolute Gasteiger partial charge is 0.183 e. The number of hydrogen-bond donors (Lipinski definition) is 2. The molecule has 1 saturated carbocycles. The summed E-state index contributed by atoms with van der Waals surface area (Å²) in [6.45, 7) is 2.09. The van der Waals surface area contributed by atoms with E-state index in [1.807, 2.05) is 12.1 Å². The lowest BCUT2D eigenvalue weighted by molar-refractivity contribution is 0.751. The second-order valence-corrected chi connectivity index (χ2v) is 5.95. The summed E-state index contributed by atoms with van der Waals surface area (Å²) in [6.07, 6.45) is 6.60. The number of benzene rings is 1. The number of aryl methyl sites for hydroxylation is 1. The lowest BCUT2D eigenvalue weighted by Crippen LogP contribution is -2.15. The fourth-order valence-electron chi connectivity index (χ4n) is 3.17. The Bertz CT molecular complexity index is 802. The summed E-state index contributed by atoms with van der Waals surface area (Å²) >= 11 is 0. The van der Waals surface area contributed by atoms with Crippen molar-refractivity contribution in [2.45, 2.75) is 38.6 Å².